The van der Waals surface area contributed by atoms with E-state index in [-0.39, 0.29) is 12.3 Å². The summed E-state index contributed by atoms with van der Waals surface area (Å²) in [5.41, 5.74) is -0.394. The summed E-state index contributed by atoms with van der Waals surface area (Å²) >= 11 is 0. The Labute approximate surface area is 195 Å². The van der Waals surface area contributed by atoms with Gasteiger partial charge in [-0.3, -0.25) is 20.7 Å². The lowest BCUT2D eigenvalue weighted by Crippen LogP contribution is -2.63. The van der Waals surface area contributed by atoms with Gasteiger partial charge >= 0.3 is 5.97 Å². The molecule has 3 aliphatic rings. The van der Waals surface area contributed by atoms with Crippen molar-refractivity contribution in [3.63, 3.8) is 0 Å². The fourth-order valence-electron chi connectivity index (χ4n) is 5.59. The van der Waals surface area contributed by atoms with Crippen LogP contribution in [0.15, 0.2) is 0 Å². The highest BCUT2D eigenvalue weighted by molar-refractivity contribution is 5.70. The third-order valence-corrected chi connectivity index (χ3v) is 7.50. The molecule has 4 N–H and O–H groups in total. The van der Waals surface area contributed by atoms with Crippen molar-refractivity contribution in [1.29, 1.82) is 0 Å². The Balaban J connectivity index is 1.23. The molecule has 3 fully saturated rings. The van der Waals surface area contributed by atoms with Gasteiger partial charge in [-0.05, 0) is 96.4 Å². The summed E-state index contributed by atoms with van der Waals surface area (Å²) in [6.45, 7) is 9.67. The van der Waals surface area contributed by atoms with Gasteiger partial charge in [-0.2, -0.15) is 0 Å². The normalized spacial score (nSPS) is 34.2. The quantitative estimate of drug-likeness (QED) is 0.316. The minimum atomic E-state index is -0.394. The van der Waals surface area contributed by atoms with Crippen molar-refractivity contribution in [1.82, 2.24) is 21.3 Å². The summed E-state index contributed by atoms with van der Waals surface area (Å²) in [5, 5.41) is 14.7. The average Bonchev–Trinajstić information content (AvgIpc) is 2.77. The number of carbonyl (C=O) groups excluding carboxylic acids is 1. The molecule has 3 rings (SSSR count). The van der Waals surface area contributed by atoms with E-state index in [0.717, 1.165) is 31.5 Å². The van der Waals surface area contributed by atoms with Crippen molar-refractivity contribution in [2.45, 2.75) is 103 Å². The molecule has 2 aliphatic carbocycles. The average molecular weight is 453 g/mol. The standard InChI is InChI=1S/C25H48N4O3/c1-25(2,3)32-23(30)13-14-26-15-18-5-9-21(10-6-18)29-24-27-16-20(17-28-24)19-7-11-22(31-4)12-8-19/h18-22,24,26-29H,5-17H2,1-4H3. The van der Waals surface area contributed by atoms with Gasteiger partial charge in [-0.15, -0.1) is 0 Å². The highest BCUT2D eigenvalue weighted by Gasteiger charge is 2.31. The van der Waals surface area contributed by atoms with Crippen LogP contribution in [0.3, 0.4) is 0 Å². The van der Waals surface area contributed by atoms with Gasteiger partial charge in [0, 0.05) is 32.8 Å². The predicted molar refractivity (Wildman–Crippen MR) is 128 cm³/mol. The first kappa shape index (κ1) is 25.9. The van der Waals surface area contributed by atoms with E-state index in [2.05, 4.69) is 21.3 Å². The fraction of sp³-hybridized carbons (Fsp3) is 0.960. The zero-order valence-corrected chi connectivity index (χ0v) is 20.9. The highest BCUT2D eigenvalue weighted by atomic mass is 16.6. The summed E-state index contributed by atoms with van der Waals surface area (Å²) in [6, 6.07) is 0.590. The lowest BCUT2D eigenvalue weighted by atomic mass is 9.78. The first-order chi connectivity index (χ1) is 15.3. The SMILES string of the molecule is COC1CCC(C2CNC(NC3CCC(CNCCC(=O)OC(C)(C)C)CC3)NC2)CC1. The van der Waals surface area contributed by atoms with Gasteiger partial charge in [-0.25, -0.2) is 0 Å². The molecule has 7 nitrogen and oxygen atoms in total. The zero-order chi connectivity index (χ0) is 23.0. The number of rotatable bonds is 9. The Kier molecular flexibility index (Phi) is 10.2. The molecule has 7 heteroatoms. The van der Waals surface area contributed by atoms with Crippen LogP contribution in [0.4, 0.5) is 0 Å². The Morgan fingerprint density at radius 2 is 1.59 bits per heavy atom. The van der Waals surface area contributed by atoms with Crippen LogP contribution in [-0.4, -0.2) is 63.3 Å². The molecule has 0 atom stereocenters. The maximum absolute atomic E-state index is 11.8. The van der Waals surface area contributed by atoms with Gasteiger partial charge < -0.3 is 14.8 Å². The second-order valence-corrected chi connectivity index (χ2v) is 11.2. The fourth-order valence-corrected chi connectivity index (χ4v) is 5.59. The summed E-state index contributed by atoms with van der Waals surface area (Å²) in [7, 11) is 1.85. The number of methoxy groups -OCH3 is 1. The van der Waals surface area contributed by atoms with Crippen molar-refractivity contribution in [2.75, 3.05) is 33.3 Å². The minimum Gasteiger partial charge on any atom is -0.460 e. The molecule has 0 unspecified atom stereocenters. The maximum atomic E-state index is 11.8. The highest BCUT2D eigenvalue weighted by Crippen LogP contribution is 2.32. The minimum absolute atomic E-state index is 0.115. The van der Waals surface area contributed by atoms with E-state index in [1.807, 2.05) is 27.9 Å². The molecule has 0 aromatic rings. The molecule has 0 aromatic heterocycles. The maximum Gasteiger partial charge on any atom is 0.307 e. The van der Waals surface area contributed by atoms with E-state index in [4.69, 9.17) is 9.47 Å². The number of esters is 1. The molecular formula is C25H48N4O3. The summed E-state index contributed by atoms with van der Waals surface area (Å²) in [4.78, 5) is 11.8. The van der Waals surface area contributed by atoms with Crippen LogP contribution in [0.2, 0.25) is 0 Å². The number of nitrogens with one attached hydrogen (secondary N) is 4. The van der Waals surface area contributed by atoms with Crippen LogP contribution in [0.5, 0.6) is 0 Å². The van der Waals surface area contributed by atoms with E-state index in [1.54, 1.807) is 0 Å². The lowest BCUT2D eigenvalue weighted by Gasteiger charge is -2.40. The zero-order valence-electron chi connectivity index (χ0n) is 20.9. The molecule has 0 amide bonds. The third kappa shape index (κ3) is 8.90. The summed E-state index contributed by atoms with van der Waals surface area (Å²) in [5.74, 6) is 2.18. The Morgan fingerprint density at radius 1 is 0.938 bits per heavy atom. The van der Waals surface area contributed by atoms with Crippen molar-refractivity contribution in [3.05, 3.63) is 0 Å². The molecule has 1 saturated heterocycles. The lowest BCUT2D eigenvalue weighted by molar-refractivity contribution is -0.154. The van der Waals surface area contributed by atoms with Crippen LogP contribution in [0, 0.1) is 17.8 Å². The van der Waals surface area contributed by atoms with Crippen molar-refractivity contribution < 1.29 is 14.3 Å². The van der Waals surface area contributed by atoms with Gasteiger partial charge in [-0.1, -0.05) is 0 Å². The van der Waals surface area contributed by atoms with Gasteiger partial charge in [0.1, 0.15) is 11.9 Å². The summed E-state index contributed by atoms with van der Waals surface area (Å²) < 4.78 is 10.9. The smallest absolute Gasteiger partial charge is 0.307 e. The number of ether oxygens (including phenoxy) is 2. The van der Waals surface area contributed by atoms with E-state index in [0.29, 0.717) is 31.0 Å². The first-order valence-electron chi connectivity index (χ1n) is 13.0. The van der Waals surface area contributed by atoms with Crippen molar-refractivity contribution in [2.24, 2.45) is 17.8 Å². The molecule has 0 radical (unpaired) electrons. The third-order valence-electron chi connectivity index (χ3n) is 7.50. The predicted octanol–water partition coefficient (Wildman–Crippen LogP) is 2.75. The molecule has 32 heavy (non-hydrogen) atoms. The second kappa shape index (κ2) is 12.7. The van der Waals surface area contributed by atoms with E-state index >= 15 is 0 Å². The van der Waals surface area contributed by atoms with Crippen LogP contribution in [-0.2, 0) is 14.3 Å². The topological polar surface area (TPSA) is 83.7 Å². The molecule has 186 valence electrons. The molecule has 2 saturated carbocycles. The Hall–Kier alpha value is -0.730. The monoisotopic (exact) mass is 452 g/mol. The number of carbonyl (C=O) groups is 1. The van der Waals surface area contributed by atoms with Crippen LogP contribution in [0.25, 0.3) is 0 Å². The van der Waals surface area contributed by atoms with Gasteiger partial charge in [0.15, 0.2) is 0 Å². The molecule has 0 bridgehead atoms. The Morgan fingerprint density at radius 3 is 2.19 bits per heavy atom. The van der Waals surface area contributed by atoms with Crippen molar-refractivity contribution >= 4 is 5.97 Å². The molecule has 1 heterocycles. The molecular weight excluding hydrogens is 404 g/mol. The van der Waals surface area contributed by atoms with E-state index in [9.17, 15) is 4.79 Å². The largest absolute Gasteiger partial charge is 0.460 e. The molecule has 0 spiro atoms. The molecule has 0 aromatic carbocycles. The van der Waals surface area contributed by atoms with Gasteiger partial charge in [0.25, 0.3) is 0 Å². The van der Waals surface area contributed by atoms with E-state index < -0.39 is 5.60 Å². The van der Waals surface area contributed by atoms with Crippen LogP contribution in [0.1, 0.15) is 78.6 Å². The van der Waals surface area contributed by atoms with E-state index in [1.165, 1.54) is 51.4 Å². The second-order valence-electron chi connectivity index (χ2n) is 11.2. The number of hydrogen-bond donors (Lipinski definition) is 4. The Bertz CT molecular complexity index is 544. The summed E-state index contributed by atoms with van der Waals surface area (Å²) in [6.07, 6.45) is 11.2. The molecule has 1 aliphatic heterocycles. The first-order valence-corrected chi connectivity index (χ1v) is 13.0. The van der Waals surface area contributed by atoms with Crippen molar-refractivity contribution in [3.8, 4) is 0 Å². The van der Waals surface area contributed by atoms with Crippen LogP contribution >= 0.6 is 0 Å². The van der Waals surface area contributed by atoms with Crippen LogP contribution < -0.4 is 21.3 Å². The van der Waals surface area contributed by atoms with Gasteiger partial charge in [0.2, 0.25) is 0 Å². The van der Waals surface area contributed by atoms with Gasteiger partial charge in [0.05, 0.1) is 12.5 Å². The number of hydrogen-bond acceptors (Lipinski definition) is 7.